The van der Waals surface area contributed by atoms with E-state index in [2.05, 4.69) is 0 Å². The first-order valence-corrected chi connectivity index (χ1v) is 3.78. The predicted octanol–water partition coefficient (Wildman–Crippen LogP) is 1.82. The highest BCUT2D eigenvalue weighted by Gasteiger charge is 2.17. The van der Waals surface area contributed by atoms with Crippen molar-refractivity contribution in [2.75, 3.05) is 0 Å². The molecule has 0 aromatic rings. The van der Waals surface area contributed by atoms with Gasteiger partial charge in [-0.1, -0.05) is 12.2 Å². The van der Waals surface area contributed by atoms with Crippen LogP contribution in [-0.2, 0) is 0 Å². The fourth-order valence-electron chi connectivity index (χ4n) is 1.13. The Morgan fingerprint density at radius 1 is 1.20 bits per heavy atom. The molecule has 0 spiro atoms. The van der Waals surface area contributed by atoms with E-state index in [0.717, 1.165) is 12.8 Å². The van der Waals surface area contributed by atoms with E-state index in [-0.39, 0.29) is 0 Å². The van der Waals surface area contributed by atoms with Gasteiger partial charge in [0.15, 0.2) is 0 Å². The summed E-state index contributed by atoms with van der Waals surface area (Å²) < 4.78 is 12.7. The molecule has 1 N–H and O–H groups in total. The Morgan fingerprint density at radius 2 is 1.80 bits per heavy atom. The summed E-state index contributed by atoms with van der Waals surface area (Å²) in [5.74, 6) is 0. The Kier molecular flexibility index (Phi) is 2.87. The second-order valence-electron chi connectivity index (χ2n) is 2.71. The molecule has 0 aromatic heterocycles. The average Bonchev–Trinajstić information content (AvgIpc) is 1.92. The first-order valence-electron chi connectivity index (χ1n) is 3.78. The third-order valence-electron chi connectivity index (χ3n) is 1.82. The second kappa shape index (κ2) is 3.71. The normalized spacial score (nSPS) is 38.2. The molecule has 0 bridgehead atoms. The molecule has 2 heteroatoms. The van der Waals surface area contributed by atoms with Gasteiger partial charge in [-0.2, -0.15) is 0 Å². The van der Waals surface area contributed by atoms with E-state index in [1.165, 1.54) is 0 Å². The number of hydrogen-bond donors (Lipinski definition) is 1. The number of rotatable bonds is 0. The SMILES string of the molecule is O[C@H]1CC/C=C\CC[C@@H]1F. The van der Waals surface area contributed by atoms with Gasteiger partial charge < -0.3 is 5.11 Å². The zero-order chi connectivity index (χ0) is 7.40. The van der Waals surface area contributed by atoms with E-state index in [9.17, 15) is 4.39 Å². The van der Waals surface area contributed by atoms with Crippen LogP contribution in [0.1, 0.15) is 25.7 Å². The Bertz CT molecular complexity index is 108. The van der Waals surface area contributed by atoms with Crippen LogP contribution in [0.15, 0.2) is 12.2 Å². The Morgan fingerprint density at radius 3 is 2.50 bits per heavy atom. The third-order valence-corrected chi connectivity index (χ3v) is 1.82. The molecule has 1 aliphatic rings. The van der Waals surface area contributed by atoms with Crippen LogP contribution in [0.25, 0.3) is 0 Å². The zero-order valence-corrected chi connectivity index (χ0v) is 5.96. The molecule has 58 valence electrons. The molecule has 0 unspecified atom stereocenters. The highest BCUT2D eigenvalue weighted by atomic mass is 19.1. The van der Waals surface area contributed by atoms with Crippen LogP contribution in [0.2, 0.25) is 0 Å². The number of aliphatic hydroxyl groups is 1. The second-order valence-corrected chi connectivity index (χ2v) is 2.71. The molecule has 0 saturated heterocycles. The molecule has 0 aliphatic heterocycles. The van der Waals surface area contributed by atoms with Gasteiger partial charge >= 0.3 is 0 Å². The molecule has 2 atom stereocenters. The Labute approximate surface area is 60.6 Å². The Balaban J connectivity index is 2.40. The van der Waals surface area contributed by atoms with E-state index in [0.29, 0.717) is 12.8 Å². The van der Waals surface area contributed by atoms with Crippen LogP contribution >= 0.6 is 0 Å². The van der Waals surface area contributed by atoms with Gasteiger partial charge in [0, 0.05) is 0 Å². The first-order chi connectivity index (χ1) is 4.80. The number of aliphatic hydroxyl groups excluding tert-OH is 1. The van der Waals surface area contributed by atoms with Crippen molar-refractivity contribution < 1.29 is 9.50 Å². The maximum Gasteiger partial charge on any atom is 0.126 e. The van der Waals surface area contributed by atoms with E-state index in [1.54, 1.807) is 0 Å². The molecule has 0 amide bonds. The molecule has 10 heavy (non-hydrogen) atoms. The number of allylic oxidation sites excluding steroid dienone is 2. The van der Waals surface area contributed by atoms with Crippen molar-refractivity contribution >= 4 is 0 Å². The van der Waals surface area contributed by atoms with Crippen LogP contribution in [-0.4, -0.2) is 17.4 Å². The number of hydrogen-bond acceptors (Lipinski definition) is 1. The maximum absolute atomic E-state index is 12.7. The molecule has 0 saturated carbocycles. The van der Waals surface area contributed by atoms with E-state index in [4.69, 9.17) is 5.11 Å². The molecule has 1 aliphatic carbocycles. The molecule has 1 rings (SSSR count). The number of halogens is 1. The summed E-state index contributed by atoms with van der Waals surface area (Å²) in [6.45, 7) is 0. The summed E-state index contributed by atoms with van der Waals surface area (Å²) in [6.07, 6.45) is 4.86. The van der Waals surface area contributed by atoms with Crippen LogP contribution < -0.4 is 0 Å². The highest BCUT2D eigenvalue weighted by Crippen LogP contribution is 2.15. The topological polar surface area (TPSA) is 20.2 Å². The Hall–Kier alpha value is -0.370. The fourth-order valence-corrected chi connectivity index (χ4v) is 1.13. The summed E-state index contributed by atoms with van der Waals surface area (Å²) in [6, 6.07) is 0. The minimum atomic E-state index is -1.01. The molecule has 1 nitrogen and oxygen atoms in total. The molecular formula is C8H13FO. The van der Waals surface area contributed by atoms with Crippen molar-refractivity contribution in [1.82, 2.24) is 0 Å². The van der Waals surface area contributed by atoms with Crippen molar-refractivity contribution in [3.63, 3.8) is 0 Å². The quantitative estimate of drug-likeness (QED) is 0.514. The van der Waals surface area contributed by atoms with Crippen molar-refractivity contribution in [1.29, 1.82) is 0 Å². The molecule has 0 fully saturated rings. The van der Waals surface area contributed by atoms with Crippen LogP contribution in [0, 0.1) is 0 Å². The van der Waals surface area contributed by atoms with Gasteiger partial charge in [-0.05, 0) is 25.7 Å². The van der Waals surface area contributed by atoms with E-state index >= 15 is 0 Å². The van der Waals surface area contributed by atoms with E-state index < -0.39 is 12.3 Å². The van der Waals surface area contributed by atoms with Crippen LogP contribution in [0.4, 0.5) is 4.39 Å². The summed E-state index contributed by atoms with van der Waals surface area (Å²) >= 11 is 0. The monoisotopic (exact) mass is 144 g/mol. The van der Waals surface area contributed by atoms with Crippen molar-refractivity contribution in [3.05, 3.63) is 12.2 Å². The lowest BCUT2D eigenvalue weighted by Gasteiger charge is -2.15. The smallest absolute Gasteiger partial charge is 0.126 e. The van der Waals surface area contributed by atoms with Gasteiger partial charge in [0.25, 0.3) is 0 Å². The van der Waals surface area contributed by atoms with Gasteiger partial charge in [0.1, 0.15) is 6.17 Å². The summed E-state index contributed by atoms with van der Waals surface area (Å²) in [5.41, 5.74) is 0. The fraction of sp³-hybridized carbons (Fsp3) is 0.750. The lowest BCUT2D eigenvalue weighted by atomic mass is 10.0. The van der Waals surface area contributed by atoms with Gasteiger partial charge in [-0.25, -0.2) is 4.39 Å². The predicted molar refractivity (Wildman–Crippen MR) is 38.5 cm³/mol. The van der Waals surface area contributed by atoms with Gasteiger partial charge in [-0.15, -0.1) is 0 Å². The van der Waals surface area contributed by atoms with Gasteiger partial charge in [0.2, 0.25) is 0 Å². The minimum Gasteiger partial charge on any atom is -0.390 e. The standard InChI is InChI=1S/C8H13FO/c9-7-5-3-1-2-4-6-8(7)10/h1-2,7-8,10H,3-6H2/b2-1-/t7-,8-/m0/s1. The molecular weight excluding hydrogens is 131 g/mol. The van der Waals surface area contributed by atoms with Crippen LogP contribution in [0.5, 0.6) is 0 Å². The number of alkyl halides is 1. The molecule has 0 heterocycles. The summed E-state index contributed by atoms with van der Waals surface area (Å²) in [4.78, 5) is 0. The zero-order valence-electron chi connectivity index (χ0n) is 5.96. The summed E-state index contributed by atoms with van der Waals surface area (Å²) in [7, 11) is 0. The van der Waals surface area contributed by atoms with Crippen LogP contribution in [0.3, 0.4) is 0 Å². The minimum absolute atomic E-state index is 0.470. The van der Waals surface area contributed by atoms with E-state index in [1.807, 2.05) is 12.2 Å². The third kappa shape index (κ3) is 2.10. The lowest BCUT2D eigenvalue weighted by molar-refractivity contribution is 0.0659. The lowest BCUT2D eigenvalue weighted by Crippen LogP contribution is -2.21. The van der Waals surface area contributed by atoms with Crippen molar-refractivity contribution in [3.8, 4) is 0 Å². The first kappa shape index (κ1) is 7.73. The highest BCUT2D eigenvalue weighted by molar-refractivity contribution is 4.87. The average molecular weight is 144 g/mol. The maximum atomic E-state index is 12.7. The molecule has 0 aromatic carbocycles. The van der Waals surface area contributed by atoms with Gasteiger partial charge in [0.05, 0.1) is 6.10 Å². The largest absolute Gasteiger partial charge is 0.390 e. The van der Waals surface area contributed by atoms with Gasteiger partial charge in [-0.3, -0.25) is 0 Å². The summed E-state index contributed by atoms with van der Waals surface area (Å²) in [5, 5.41) is 9.07. The van der Waals surface area contributed by atoms with Crippen molar-refractivity contribution in [2.24, 2.45) is 0 Å². The molecule has 0 radical (unpaired) electrons. The van der Waals surface area contributed by atoms with Crippen molar-refractivity contribution in [2.45, 2.75) is 38.0 Å².